The predicted molar refractivity (Wildman–Crippen MR) is 96.8 cm³/mol. The minimum atomic E-state index is -4.31. The summed E-state index contributed by atoms with van der Waals surface area (Å²) >= 11 is 0. The van der Waals surface area contributed by atoms with E-state index in [2.05, 4.69) is 29.6 Å². The van der Waals surface area contributed by atoms with Gasteiger partial charge in [-0.05, 0) is 48.0 Å². The summed E-state index contributed by atoms with van der Waals surface area (Å²) in [5.74, 6) is 1.48. The number of hydrogen-bond donors (Lipinski definition) is 1. The van der Waals surface area contributed by atoms with Crippen LogP contribution in [-0.4, -0.2) is 6.04 Å². The van der Waals surface area contributed by atoms with Crippen LogP contribution in [0, 0.1) is 5.92 Å². The Morgan fingerprint density at radius 1 is 0.731 bits per heavy atom. The summed E-state index contributed by atoms with van der Waals surface area (Å²) in [5.41, 5.74) is 2.42. The van der Waals surface area contributed by atoms with Crippen LogP contribution in [0.2, 0.25) is 0 Å². The lowest BCUT2D eigenvalue weighted by atomic mass is 10.0. The van der Waals surface area contributed by atoms with Crippen molar-refractivity contribution in [2.75, 3.05) is 5.32 Å². The largest absolute Gasteiger partial charge is 0.416 e. The van der Waals surface area contributed by atoms with E-state index in [4.69, 9.17) is 0 Å². The van der Waals surface area contributed by atoms with Gasteiger partial charge in [-0.15, -0.1) is 0 Å². The Hall–Kier alpha value is -2.88. The molecule has 1 nitrogen and oxygen atoms in total. The standard InChI is InChI=1S/C22H17F3N/c23-22(24,25)17-11-13-18(14-12-17)26-21-19(15-7-3-1-4-8-15)20(21)16-9-5-2-6-10-16/h1-14,19,21,26H/q+1. The zero-order valence-corrected chi connectivity index (χ0v) is 13.9. The van der Waals surface area contributed by atoms with Crippen LogP contribution in [0.25, 0.3) is 0 Å². The van der Waals surface area contributed by atoms with Crippen LogP contribution in [0.15, 0.2) is 84.9 Å². The molecule has 0 heterocycles. The molecule has 2 atom stereocenters. The van der Waals surface area contributed by atoms with Crippen molar-refractivity contribution in [3.05, 3.63) is 108 Å². The maximum Gasteiger partial charge on any atom is 0.416 e. The van der Waals surface area contributed by atoms with Gasteiger partial charge < -0.3 is 5.32 Å². The molecule has 0 amide bonds. The smallest absolute Gasteiger partial charge is 0.366 e. The van der Waals surface area contributed by atoms with E-state index < -0.39 is 11.7 Å². The molecule has 0 saturated heterocycles. The molecule has 0 radical (unpaired) electrons. The van der Waals surface area contributed by atoms with Crippen molar-refractivity contribution in [3.63, 3.8) is 0 Å². The van der Waals surface area contributed by atoms with Crippen molar-refractivity contribution in [1.29, 1.82) is 0 Å². The molecule has 0 bridgehead atoms. The Balaban J connectivity index is 1.58. The normalized spacial score (nSPS) is 19.3. The Bertz CT molecular complexity index is 812. The summed E-state index contributed by atoms with van der Waals surface area (Å²) in [7, 11) is 0. The highest BCUT2D eigenvalue weighted by atomic mass is 19.4. The van der Waals surface area contributed by atoms with Gasteiger partial charge in [-0.1, -0.05) is 30.3 Å². The minimum absolute atomic E-state index is 0.0801. The number of rotatable bonds is 4. The van der Waals surface area contributed by atoms with E-state index in [1.807, 2.05) is 36.4 Å². The number of nitrogens with one attached hydrogen (secondary N) is 1. The highest BCUT2D eigenvalue weighted by molar-refractivity contribution is 5.62. The van der Waals surface area contributed by atoms with E-state index in [-0.39, 0.29) is 12.0 Å². The highest BCUT2D eigenvalue weighted by Crippen LogP contribution is 2.55. The topological polar surface area (TPSA) is 12.0 Å². The third-order valence-electron chi connectivity index (χ3n) is 4.69. The third-order valence-corrected chi connectivity index (χ3v) is 4.69. The molecule has 1 N–H and O–H groups in total. The van der Waals surface area contributed by atoms with Crippen LogP contribution in [0.4, 0.5) is 18.9 Å². The van der Waals surface area contributed by atoms with Crippen molar-refractivity contribution >= 4 is 5.69 Å². The van der Waals surface area contributed by atoms with Crippen molar-refractivity contribution in [2.24, 2.45) is 0 Å². The second-order valence-corrected chi connectivity index (χ2v) is 6.41. The van der Waals surface area contributed by atoms with Gasteiger partial charge in [0.25, 0.3) is 0 Å². The molecule has 1 aliphatic carbocycles. The maximum absolute atomic E-state index is 12.7. The van der Waals surface area contributed by atoms with Gasteiger partial charge in [-0.25, -0.2) is 0 Å². The summed E-state index contributed by atoms with van der Waals surface area (Å²) in [4.78, 5) is 0. The SMILES string of the molecule is FC(F)(F)c1ccc(NC2[C+](c3ccccc3)C2c2ccccc2)cc1. The van der Waals surface area contributed by atoms with Gasteiger partial charge in [0.2, 0.25) is 0 Å². The molecule has 1 fully saturated rings. The van der Waals surface area contributed by atoms with E-state index in [1.165, 1.54) is 23.6 Å². The first kappa shape index (κ1) is 16.6. The minimum Gasteiger partial charge on any atom is -0.366 e. The lowest BCUT2D eigenvalue weighted by molar-refractivity contribution is -0.137. The van der Waals surface area contributed by atoms with E-state index in [0.29, 0.717) is 5.69 Å². The van der Waals surface area contributed by atoms with Crippen molar-refractivity contribution < 1.29 is 13.2 Å². The monoisotopic (exact) mass is 352 g/mol. The van der Waals surface area contributed by atoms with Crippen LogP contribution in [0.1, 0.15) is 22.6 Å². The van der Waals surface area contributed by atoms with Crippen LogP contribution < -0.4 is 5.32 Å². The van der Waals surface area contributed by atoms with Gasteiger partial charge in [0.1, 0.15) is 11.6 Å². The molecule has 26 heavy (non-hydrogen) atoms. The van der Waals surface area contributed by atoms with Crippen molar-refractivity contribution in [1.82, 2.24) is 0 Å². The van der Waals surface area contributed by atoms with E-state index in [1.54, 1.807) is 0 Å². The fourth-order valence-electron chi connectivity index (χ4n) is 3.38. The summed E-state index contributed by atoms with van der Waals surface area (Å²) in [6, 6.07) is 25.6. The molecular formula is C22H17F3N+. The van der Waals surface area contributed by atoms with Crippen LogP contribution in [0.3, 0.4) is 0 Å². The second-order valence-electron chi connectivity index (χ2n) is 6.41. The number of hydrogen-bond acceptors (Lipinski definition) is 1. The van der Waals surface area contributed by atoms with Crippen molar-refractivity contribution in [2.45, 2.75) is 18.1 Å². The number of benzene rings is 3. The Labute approximate surface area is 150 Å². The summed E-state index contributed by atoms with van der Waals surface area (Å²) in [5, 5.41) is 3.39. The van der Waals surface area contributed by atoms with E-state index in [0.717, 1.165) is 17.7 Å². The molecule has 0 aliphatic heterocycles. The zero-order chi connectivity index (χ0) is 18.1. The molecule has 2 unspecified atom stereocenters. The summed E-state index contributed by atoms with van der Waals surface area (Å²) in [6.07, 6.45) is -4.31. The molecule has 3 aromatic carbocycles. The number of halogens is 3. The average Bonchev–Trinajstić information content (AvgIpc) is 3.36. The van der Waals surface area contributed by atoms with Gasteiger partial charge >= 0.3 is 6.18 Å². The average molecular weight is 352 g/mol. The molecule has 4 rings (SSSR count). The lowest BCUT2D eigenvalue weighted by Crippen LogP contribution is -2.08. The van der Waals surface area contributed by atoms with Gasteiger partial charge in [0, 0.05) is 17.8 Å². The second kappa shape index (κ2) is 6.45. The first-order valence-electron chi connectivity index (χ1n) is 8.45. The zero-order valence-electron chi connectivity index (χ0n) is 13.9. The van der Waals surface area contributed by atoms with Crippen molar-refractivity contribution in [3.8, 4) is 0 Å². The number of anilines is 1. The fourth-order valence-corrected chi connectivity index (χ4v) is 3.38. The molecule has 0 spiro atoms. The highest BCUT2D eigenvalue weighted by Gasteiger charge is 2.58. The van der Waals surface area contributed by atoms with Gasteiger partial charge in [0.05, 0.1) is 17.4 Å². The Morgan fingerprint density at radius 2 is 1.31 bits per heavy atom. The van der Waals surface area contributed by atoms with Gasteiger partial charge in [0.15, 0.2) is 0 Å². The van der Waals surface area contributed by atoms with Gasteiger partial charge in [-0.2, -0.15) is 13.2 Å². The quantitative estimate of drug-likeness (QED) is 0.576. The molecule has 1 aliphatic rings. The van der Waals surface area contributed by atoms with E-state index in [9.17, 15) is 13.2 Å². The van der Waals surface area contributed by atoms with Crippen LogP contribution in [-0.2, 0) is 6.18 Å². The first-order valence-corrected chi connectivity index (χ1v) is 8.45. The van der Waals surface area contributed by atoms with Crippen LogP contribution in [0.5, 0.6) is 0 Å². The fraction of sp³-hybridized carbons (Fsp3) is 0.136. The molecule has 4 heteroatoms. The molecule has 130 valence electrons. The number of alkyl halides is 3. The molecule has 0 aromatic heterocycles. The Morgan fingerprint density at radius 3 is 1.88 bits per heavy atom. The molecular weight excluding hydrogens is 335 g/mol. The van der Waals surface area contributed by atoms with Gasteiger partial charge in [-0.3, -0.25) is 0 Å². The van der Waals surface area contributed by atoms with E-state index >= 15 is 0 Å². The summed E-state index contributed by atoms with van der Waals surface area (Å²) < 4.78 is 38.2. The predicted octanol–water partition coefficient (Wildman–Crippen LogP) is 5.91. The molecule has 1 saturated carbocycles. The van der Waals surface area contributed by atoms with Crippen LogP contribution >= 0.6 is 0 Å². The lowest BCUT2D eigenvalue weighted by Gasteiger charge is -2.08. The maximum atomic E-state index is 12.7. The first-order chi connectivity index (χ1) is 12.5. The third kappa shape index (κ3) is 3.27. The Kier molecular flexibility index (Phi) is 4.11. The summed E-state index contributed by atoms with van der Waals surface area (Å²) in [6.45, 7) is 0. The molecule has 3 aromatic rings.